The predicted molar refractivity (Wildman–Crippen MR) is 106 cm³/mol. The van der Waals surface area contributed by atoms with E-state index in [0.29, 0.717) is 35.6 Å². The molecular formula is C21H20N4O3. The molecule has 28 heavy (non-hydrogen) atoms. The smallest absolute Gasteiger partial charge is 0.258 e. The summed E-state index contributed by atoms with van der Waals surface area (Å²) in [5, 5.41) is 0.539. The lowest BCUT2D eigenvalue weighted by Gasteiger charge is -2.20. The average Bonchev–Trinajstić information content (AvgIpc) is 3.13. The molecule has 0 fully saturated rings. The molecule has 0 spiro atoms. The molecule has 0 saturated heterocycles. The third-order valence-electron chi connectivity index (χ3n) is 4.63. The third-order valence-corrected chi connectivity index (χ3v) is 4.63. The van der Waals surface area contributed by atoms with Crippen molar-refractivity contribution in [3.8, 4) is 0 Å². The van der Waals surface area contributed by atoms with Gasteiger partial charge in [0.05, 0.1) is 17.4 Å². The van der Waals surface area contributed by atoms with Crippen molar-refractivity contribution in [2.24, 2.45) is 0 Å². The Labute approximate surface area is 161 Å². The summed E-state index contributed by atoms with van der Waals surface area (Å²) >= 11 is 0. The molecule has 2 aromatic heterocycles. The van der Waals surface area contributed by atoms with E-state index in [1.165, 1.54) is 0 Å². The second-order valence-corrected chi connectivity index (χ2v) is 6.51. The maximum absolute atomic E-state index is 12.7. The van der Waals surface area contributed by atoms with Gasteiger partial charge in [0.1, 0.15) is 11.3 Å². The molecule has 2 heterocycles. The summed E-state index contributed by atoms with van der Waals surface area (Å²) < 4.78 is 5.67. The Bertz CT molecular complexity index is 1160. The number of carbonyl (C=O) groups excluding carboxylic acids is 1. The first kappa shape index (κ1) is 17.9. The molecule has 0 aliphatic rings. The number of benzene rings is 2. The zero-order valence-corrected chi connectivity index (χ0v) is 15.5. The predicted octanol–water partition coefficient (Wildman–Crippen LogP) is 3.05. The van der Waals surface area contributed by atoms with Crippen LogP contribution in [0.3, 0.4) is 0 Å². The maximum atomic E-state index is 12.7. The Morgan fingerprint density at radius 1 is 1.07 bits per heavy atom. The minimum atomic E-state index is -0.199. The molecule has 0 saturated carbocycles. The highest BCUT2D eigenvalue weighted by Gasteiger charge is 2.16. The van der Waals surface area contributed by atoms with Gasteiger partial charge in [-0.2, -0.15) is 0 Å². The van der Waals surface area contributed by atoms with Crippen molar-refractivity contribution < 1.29 is 9.21 Å². The highest BCUT2D eigenvalue weighted by Crippen LogP contribution is 2.16. The van der Waals surface area contributed by atoms with E-state index in [1.807, 2.05) is 37.3 Å². The van der Waals surface area contributed by atoms with E-state index in [9.17, 15) is 9.59 Å². The molecule has 0 aliphatic heterocycles. The SMILES string of the molecule is CCN(Cc1nc2ccccc2c(=O)[nH]1)C(=O)CCc1nc2ccccc2o1. The molecule has 0 aliphatic carbocycles. The number of nitrogens with zero attached hydrogens (tertiary/aromatic N) is 3. The Morgan fingerprint density at radius 3 is 2.61 bits per heavy atom. The zero-order chi connectivity index (χ0) is 19.5. The maximum Gasteiger partial charge on any atom is 0.258 e. The highest BCUT2D eigenvalue weighted by molar-refractivity contribution is 5.78. The van der Waals surface area contributed by atoms with Gasteiger partial charge in [0.15, 0.2) is 11.5 Å². The van der Waals surface area contributed by atoms with Crippen LogP contribution in [-0.4, -0.2) is 32.3 Å². The van der Waals surface area contributed by atoms with E-state index >= 15 is 0 Å². The summed E-state index contributed by atoms with van der Waals surface area (Å²) in [5.41, 5.74) is 1.93. The van der Waals surface area contributed by atoms with Crippen molar-refractivity contribution in [2.75, 3.05) is 6.54 Å². The number of H-pyrrole nitrogens is 1. The van der Waals surface area contributed by atoms with Crippen LogP contribution >= 0.6 is 0 Å². The van der Waals surface area contributed by atoms with Gasteiger partial charge in [0, 0.05) is 19.4 Å². The number of carbonyl (C=O) groups is 1. The lowest BCUT2D eigenvalue weighted by molar-refractivity contribution is -0.131. The zero-order valence-electron chi connectivity index (χ0n) is 15.5. The molecule has 0 bridgehead atoms. The molecule has 0 radical (unpaired) electrons. The number of para-hydroxylation sites is 3. The number of nitrogens with one attached hydrogen (secondary N) is 1. The summed E-state index contributed by atoms with van der Waals surface area (Å²) in [6, 6.07) is 14.7. The van der Waals surface area contributed by atoms with Crippen LogP contribution in [0.5, 0.6) is 0 Å². The minimum Gasteiger partial charge on any atom is -0.441 e. The van der Waals surface area contributed by atoms with Gasteiger partial charge in [0.2, 0.25) is 5.91 Å². The molecule has 142 valence electrons. The summed E-state index contributed by atoms with van der Waals surface area (Å²) in [5.74, 6) is 0.976. The van der Waals surface area contributed by atoms with Crippen molar-refractivity contribution in [1.29, 1.82) is 0 Å². The standard InChI is InChI=1S/C21H20N4O3/c1-2-25(13-18-22-15-8-4-3-7-14(15)21(27)24-18)20(26)12-11-19-23-16-9-5-6-10-17(16)28-19/h3-10H,2,11-13H2,1H3,(H,22,24,27). The number of hydrogen-bond donors (Lipinski definition) is 1. The number of hydrogen-bond acceptors (Lipinski definition) is 5. The molecule has 1 N–H and O–H groups in total. The van der Waals surface area contributed by atoms with Gasteiger partial charge in [0.25, 0.3) is 5.56 Å². The van der Waals surface area contributed by atoms with E-state index < -0.39 is 0 Å². The number of amides is 1. The van der Waals surface area contributed by atoms with E-state index in [-0.39, 0.29) is 24.4 Å². The first-order chi connectivity index (χ1) is 13.6. The lowest BCUT2D eigenvalue weighted by atomic mass is 10.2. The molecule has 2 aromatic carbocycles. The number of oxazole rings is 1. The Morgan fingerprint density at radius 2 is 1.82 bits per heavy atom. The van der Waals surface area contributed by atoms with Gasteiger partial charge in [-0.15, -0.1) is 0 Å². The lowest BCUT2D eigenvalue weighted by Crippen LogP contribution is -2.32. The number of aromatic nitrogens is 3. The van der Waals surface area contributed by atoms with Crippen molar-refractivity contribution in [3.05, 3.63) is 70.6 Å². The van der Waals surface area contributed by atoms with Crippen LogP contribution in [0.2, 0.25) is 0 Å². The first-order valence-corrected chi connectivity index (χ1v) is 9.24. The normalized spacial score (nSPS) is 11.2. The topological polar surface area (TPSA) is 92.1 Å². The fourth-order valence-electron chi connectivity index (χ4n) is 3.17. The van der Waals surface area contributed by atoms with E-state index in [2.05, 4.69) is 15.0 Å². The average molecular weight is 376 g/mol. The fourth-order valence-corrected chi connectivity index (χ4v) is 3.17. The minimum absolute atomic E-state index is 0.0411. The van der Waals surface area contributed by atoms with Crippen molar-refractivity contribution in [2.45, 2.75) is 26.3 Å². The van der Waals surface area contributed by atoms with Crippen LogP contribution in [0.1, 0.15) is 25.1 Å². The summed E-state index contributed by atoms with van der Waals surface area (Å²) in [4.78, 5) is 38.2. The van der Waals surface area contributed by atoms with Crippen LogP contribution in [0.4, 0.5) is 0 Å². The molecule has 0 unspecified atom stereocenters. The summed E-state index contributed by atoms with van der Waals surface area (Å²) in [7, 11) is 0. The molecule has 4 rings (SSSR count). The Kier molecular flexibility index (Phi) is 4.89. The van der Waals surface area contributed by atoms with Crippen LogP contribution < -0.4 is 5.56 Å². The molecular weight excluding hydrogens is 356 g/mol. The first-order valence-electron chi connectivity index (χ1n) is 9.24. The molecule has 0 atom stereocenters. The van der Waals surface area contributed by atoms with Crippen LogP contribution in [0, 0.1) is 0 Å². The van der Waals surface area contributed by atoms with Gasteiger partial charge in [-0.05, 0) is 31.2 Å². The largest absolute Gasteiger partial charge is 0.441 e. The molecule has 7 heteroatoms. The fraction of sp³-hybridized carbons (Fsp3) is 0.238. The molecule has 7 nitrogen and oxygen atoms in total. The Balaban J connectivity index is 1.46. The number of aromatic amines is 1. The number of rotatable bonds is 6. The van der Waals surface area contributed by atoms with Crippen LogP contribution in [-0.2, 0) is 17.8 Å². The van der Waals surface area contributed by atoms with Gasteiger partial charge in [-0.3, -0.25) is 9.59 Å². The van der Waals surface area contributed by atoms with Gasteiger partial charge in [-0.25, -0.2) is 9.97 Å². The van der Waals surface area contributed by atoms with Crippen molar-refractivity contribution in [1.82, 2.24) is 19.9 Å². The highest BCUT2D eigenvalue weighted by atomic mass is 16.3. The van der Waals surface area contributed by atoms with Crippen LogP contribution in [0.25, 0.3) is 22.0 Å². The van der Waals surface area contributed by atoms with Crippen LogP contribution in [0.15, 0.2) is 57.7 Å². The number of aryl methyl sites for hydroxylation is 1. The van der Waals surface area contributed by atoms with Gasteiger partial charge in [-0.1, -0.05) is 24.3 Å². The van der Waals surface area contributed by atoms with E-state index in [4.69, 9.17) is 4.42 Å². The molecule has 4 aromatic rings. The second kappa shape index (κ2) is 7.64. The van der Waals surface area contributed by atoms with Gasteiger partial charge >= 0.3 is 0 Å². The second-order valence-electron chi connectivity index (χ2n) is 6.51. The van der Waals surface area contributed by atoms with Crippen molar-refractivity contribution in [3.63, 3.8) is 0 Å². The van der Waals surface area contributed by atoms with Crippen molar-refractivity contribution >= 4 is 27.9 Å². The third kappa shape index (κ3) is 3.64. The summed E-state index contributed by atoms with van der Waals surface area (Å²) in [6.45, 7) is 2.67. The number of fused-ring (bicyclic) bond motifs is 2. The van der Waals surface area contributed by atoms with E-state index in [0.717, 1.165) is 11.1 Å². The Hall–Kier alpha value is -3.48. The monoisotopic (exact) mass is 376 g/mol. The summed E-state index contributed by atoms with van der Waals surface area (Å²) in [6.07, 6.45) is 0.699. The van der Waals surface area contributed by atoms with Gasteiger partial charge < -0.3 is 14.3 Å². The quantitative estimate of drug-likeness (QED) is 0.558. The molecule has 1 amide bonds. The van der Waals surface area contributed by atoms with E-state index in [1.54, 1.807) is 23.1 Å².